The summed E-state index contributed by atoms with van der Waals surface area (Å²) in [6.07, 6.45) is 6.78. The van der Waals surface area contributed by atoms with Crippen LogP contribution in [0.15, 0.2) is 24.3 Å². The zero-order valence-corrected chi connectivity index (χ0v) is 10.5. The van der Waals surface area contributed by atoms with Crippen LogP contribution in [-0.2, 0) is 6.42 Å². The molecule has 1 aromatic rings. The fourth-order valence-electron chi connectivity index (χ4n) is 2.45. The molecule has 16 heavy (non-hydrogen) atoms. The second kappa shape index (κ2) is 6.27. The van der Waals surface area contributed by atoms with E-state index in [2.05, 4.69) is 17.4 Å². The molecule has 0 aromatic heterocycles. The van der Waals surface area contributed by atoms with Crippen LogP contribution < -0.4 is 5.32 Å². The third kappa shape index (κ3) is 3.80. The molecular formula is C14H20ClN. The molecule has 2 rings (SSSR count). The Balaban J connectivity index is 1.64. The van der Waals surface area contributed by atoms with Crippen LogP contribution in [0.25, 0.3) is 0 Å². The van der Waals surface area contributed by atoms with Crippen molar-refractivity contribution >= 4 is 11.6 Å². The van der Waals surface area contributed by atoms with Crippen molar-refractivity contribution in [2.24, 2.45) is 5.92 Å². The maximum absolute atomic E-state index is 5.94. The van der Waals surface area contributed by atoms with Crippen molar-refractivity contribution in [2.75, 3.05) is 13.1 Å². The molecule has 0 unspecified atom stereocenters. The molecular weight excluding hydrogens is 218 g/mol. The van der Waals surface area contributed by atoms with E-state index in [0.29, 0.717) is 0 Å². The van der Waals surface area contributed by atoms with Crippen molar-refractivity contribution in [1.29, 1.82) is 0 Å². The van der Waals surface area contributed by atoms with E-state index < -0.39 is 0 Å². The summed E-state index contributed by atoms with van der Waals surface area (Å²) in [4.78, 5) is 0. The number of hydrogen-bond donors (Lipinski definition) is 1. The Kier molecular flexibility index (Phi) is 4.68. The summed E-state index contributed by atoms with van der Waals surface area (Å²) in [5.74, 6) is 0.930. The fourth-order valence-corrected chi connectivity index (χ4v) is 2.66. The largest absolute Gasteiger partial charge is 0.316 e. The minimum atomic E-state index is 0.841. The molecule has 1 N–H and O–H groups in total. The first-order chi connectivity index (χ1) is 7.84. The van der Waals surface area contributed by atoms with Crippen LogP contribution in [0.1, 0.15) is 31.2 Å². The predicted octanol–water partition coefficient (Wildman–Crippen LogP) is 3.66. The van der Waals surface area contributed by atoms with E-state index >= 15 is 0 Å². The summed E-state index contributed by atoms with van der Waals surface area (Å²) in [6, 6.07) is 8.15. The minimum absolute atomic E-state index is 0.841. The molecule has 1 aliphatic rings. The predicted molar refractivity (Wildman–Crippen MR) is 70.0 cm³/mol. The van der Waals surface area contributed by atoms with Crippen molar-refractivity contribution in [1.82, 2.24) is 5.32 Å². The van der Waals surface area contributed by atoms with Gasteiger partial charge in [0.15, 0.2) is 0 Å². The quantitative estimate of drug-likeness (QED) is 0.771. The molecule has 0 amide bonds. The molecule has 1 nitrogen and oxygen atoms in total. The second-order valence-corrected chi connectivity index (χ2v) is 5.17. The fraction of sp³-hybridized carbons (Fsp3) is 0.571. The smallest absolute Gasteiger partial charge is 0.0408 e. The van der Waals surface area contributed by atoms with Crippen LogP contribution >= 0.6 is 11.6 Å². The van der Waals surface area contributed by atoms with Gasteiger partial charge in [0.25, 0.3) is 0 Å². The molecule has 88 valence electrons. The summed E-state index contributed by atoms with van der Waals surface area (Å²) in [7, 11) is 0. The molecule has 0 radical (unpaired) electrons. The first-order valence-electron chi connectivity index (χ1n) is 6.30. The van der Waals surface area contributed by atoms with Gasteiger partial charge in [0.2, 0.25) is 0 Å². The van der Waals surface area contributed by atoms with E-state index in [1.807, 2.05) is 12.1 Å². The Morgan fingerprint density at radius 3 is 2.81 bits per heavy atom. The van der Waals surface area contributed by atoms with Crippen molar-refractivity contribution in [3.05, 3.63) is 34.9 Å². The molecule has 1 saturated carbocycles. The maximum Gasteiger partial charge on any atom is 0.0408 e. The van der Waals surface area contributed by atoms with E-state index in [9.17, 15) is 0 Å². The number of nitrogens with one attached hydrogen (secondary N) is 1. The first-order valence-corrected chi connectivity index (χ1v) is 6.67. The molecule has 1 fully saturated rings. The summed E-state index contributed by atoms with van der Waals surface area (Å²) < 4.78 is 0. The SMILES string of the molecule is Clc1cccc(CCNCC2CCCC2)c1. The zero-order valence-electron chi connectivity index (χ0n) is 9.71. The number of halogens is 1. The van der Waals surface area contributed by atoms with Gasteiger partial charge in [0.05, 0.1) is 0 Å². The lowest BCUT2D eigenvalue weighted by Gasteiger charge is -2.10. The normalized spacial score (nSPS) is 16.8. The molecule has 1 aliphatic carbocycles. The highest BCUT2D eigenvalue weighted by atomic mass is 35.5. The summed E-state index contributed by atoms with van der Waals surface area (Å²) in [5, 5.41) is 4.39. The van der Waals surface area contributed by atoms with Gasteiger partial charge in [-0.05, 0) is 56.0 Å². The summed E-state index contributed by atoms with van der Waals surface area (Å²) in [5.41, 5.74) is 1.33. The molecule has 0 aliphatic heterocycles. The lowest BCUT2D eigenvalue weighted by atomic mass is 10.1. The second-order valence-electron chi connectivity index (χ2n) is 4.73. The zero-order chi connectivity index (χ0) is 11.2. The van der Waals surface area contributed by atoms with Gasteiger partial charge in [0, 0.05) is 5.02 Å². The van der Waals surface area contributed by atoms with E-state index in [-0.39, 0.29) is 0 Å². The van der Waals surface area contributed by atoms with Gasteiger partial charge < -0.3 is 5.32 Å². The Morgan fingerprint density at radius 2 is 2.06 bits per heavy atom. The van der Waals surface area contributed by atoms with Gasteiger partial charge >= 0.3 is 0 Å². The van der Waals surface area contributed by atoms with Crippen LogP contribution in [-0.4, -0.2) is 13.1 Å². The van der Waals surface area contributed by atoms with Gasteiger partial charge in [-0.3, -0.25) is 0 Å². The Hall–Kier alpha value is -0.530. The van der Waals surface area contributed by atoms with Crippen LogP contribution in [0.5, 0.6) is 0 Å². The van der Waals surface area contributed by atoms with Crippen LogP contribution in [0, 0.1) is 5.92 Å². The molecule has 0 atom stereocenters. The van der Waals surface area contributed by atoms with Gasteiger partial charge in [-0.25, -0.2) is 0 Å². The highest BCUT2D eigenvalue weighted by molar-refractivity contribution is 6.30. The summed E-state index contributed by atoms with van der Waals surface area (Å²) >= 11 is 5.94. The van der Waals surface area contributed by atoms with Crippen molar-refractivity contribution < 1.29 is 0 Å². The third-order valence-corrected chi connectivity index (χ3v) is 3.62. The van der Waals surface area contributed by atoms with Gasteiger partial charge in [-0.1, -0.05) is 36.6 Å². The van der Waals surface area contributed by atoms with Crippen molar-refractivity contribution in [3.8, 4) is 0 Å². The third-order valence-electron chi connectivity index (χ3n) is 3.39. The number of hydrogen-bond acceptors (Lipinski definition) is 1. The van der Waals surface area contributed by atoms with E-state index in [0.717, 1.165) is 23.9 Å². The highest BCUT2D eigenvalue weighted by Gasteiger charge is 2.13. The monoisotopic (exact) mass is 237 g/mol. The lowest BCUT2D eigenvalue weighted by Crippen LogP contribution is -2.23. The van der Waals surface area contributed by atoms with Gasteiger partial charge in [-0.2, -0.15) is 0 Å². The number of rotatable bonds is 5. The maximum atomic E-state index is 5.94. The Morgan fingerprint density at radius 1 is 1.25 bits per heavy atom. The van der Waals surface area contributed by atoms with E-state index in [4.69, 9.17) is 11.6 Å². The average molecular weight is 238 g/mol. The van der Waals surface area contributed by atoms with Crippen molar-refractivity contribution in [2.45, 2.75) is 32.1 Å². The van der Waals surface area contributed by atoms with Gasteiger partial charge in [-0.15, -0.1) is 0 Å². The van der Waals surface area contributed by atoms with E-state index in [1.165, 1.54) is 37.8 Å². The standard InChI is InChI=1S/C14H20ClN/c15-14-7-3-6-12(10-14)8-9-16-11-13-4-1-2-5-13/h3,6-7,10,13,16H,1-2,4-5,8-9,11H2. The lowest BCUT2D eigenvalue weighted by molar-refractivity contribution is 0.492. The van der Waals surface area contributed by atoms with Crippen LogP contribution in [0.4, 0.5) is 0 Å². The molecule has 0 saturated heterocycles. The topological polar surface area (TPSA) is 12.0 Å². The molecule has 0 heterocycles. The molecule has 1 aromatic carbocycles. The van der Waals surface area contributed by atoms with Gasteiger partial charge in [0.1, 0.15) is 0 Å². The van der Waals surface area contributed by atoms with E-state index in [1.54, 1.807) is 0 Å². The van der Waals surface area contributed by atoms with Crippen LogP contribution in [0.2, 0.25) is 5.02 Å². The average Bonchev–Trinajstić information content (AvgIpc) is 2.77. The Labute approximate surface area is 103 Å². The molecule has 2 heteroatoms. The van der Waals surface area contributed by atoms with Crippen molar-refractivity contribution in [3.63, 3.8) is 0 Å². The molecule has 0 bridgehead atoms. The highest BCUT2D eigenvalue weighted by Crippen LogP contribution is 2.23. The molecule has 0 spiro atoms. The van der Waals surface area contributed by atoms with Crippen LogP contribution in [0.3, 0.4) is 0 Å². The summed E-state index contributed by atoms with van der Waals surface area (Å²) in [6.45, 7) is 2.26. The Bertz CT molecular complexity index is 318. The minimum Gasteiger partial charge on any atom is -0.316 e. The first kappa shape index (κ1) is 11.9. The number of benzene rings is 1.